The Balaban J connectivity index is 0.000000288. The molecular formula is C85H85BF12N8O21S3. The van der Waals surface area contributed by atoms with Crippen molar-refractivity contribution in [1.82, 2.24) is 33.1 Å². The van der Waals surface area contributed by atoms with Crippen molar-refractivity contribution in [3.05, 3.63) is 324 Å². The van der Waals surface area contributed by atoms with E-state index < -0.39 is 171 Å². The molecule has 3 aromatic heterocycles. The lowest BCUT2D eigenvalue weighted by Gasteiger charge is -2.14. The van der Waals surface area contributed by atoms with E-state index in [1.807, 2.05) is 24.6 Å². The van der Waals surface area contributed by atoms with Crippen LogP contribution in [0.3, 0.4) is 0 Å². The van der Waals surface area contributed by atoms with E-state index in [0.717, 1.165) is 96.9 Å². The molecule has 0 aliphatic rings. The first-order valence-electron chi connectivity index (χ1n) is 38.2. The highest BCUT2D eigenvalue weighted by atomic mass is 32.2. The molecule has 0 spiro atoms. The van der Waals surface area contributed by atoms with Crippen LogP contribution < -0.4 is 50.3 Å². The standard InChI is InChI=1S/C22H19F3N2O5S.C22H19F3N2O4S.C15H13F3N2O4.C10H16O5.C9H9F3N2O.C7H9BO2S/c1-3-32-20(29)18-13-26(16-7-9-17(10-8-16)33(2)31)21(30)27(19(18)28)12-14-5-4-6-15(11-14)22(23,24)25;1-3-31-20(29)18-13-26(16-7-9-17(32-2)10-8-16)21(30)27(19(18)28)12-14-5-4-6-15(11-14)22(23,24)25;1-2-24-13(22)11-7-19-14(23)20(12(11)21)8-9-4-3-5-10(6-9)15(16,17)18;1-4-13-7-8(9(11)14-5-2)10(12)15-6-3;10-9(11,12)7-3-1-2-6(4-7)5-14-8(13)15;1-11-7-4-2-6(3-5-7)8(9)10/h4-11,13H,3,12H2,1-2H3;4-11,13H,3,12H2,1-2H3;3-7H,2,8H2,1H3,(H,19,23);7H,4-6H2,1-3H3;1-4H,5H2,(H3,13,14,15);2-5,9-10H,1H3. The third-order valence-corrected chi connectivity index (χ3v) is 19.4. The number of halogens is 12. The van der Waals surface area contributed by atoms with Gasteiger partial charge in [-0.1, -0.05) is 60.7 Å². The number of aromatic amines is 1. The Morgan fingerprint density at radius 2 is 0.792 bits per heavy atom. The van der Waals surface area contributed by atoms with Crippen LogP contribution >= 0.6 is 23.5 Å². The van der Waals surface area contributed by atoms with E-state index in [1.165, 1.54) is 90.8 Å². The lowest BCUT2D eigenvalue weighted by molar-refractivity contribution is -0.147. The second-order valence-electron chi connectivity index (χ2n) is 26.0. The van der Waals surface area contributed by atoms with E-state index in [1.54, 1.807) is 89.7 Å². The van der Waals surface area contributed by atoms with Crippen molar-refractivity contribution in [2.45, 2.75) is 107 Å². The quantitative estimate of drug-likeness (QED) is 0.00387. The fraction of sp³-hybridized carbons (Fsp3) is 0.271. The number of alkyl halides is 12. The number of hydrogen-bond acceptors (Lipinski definition) is 23. The van der Waals surface area contributed by atoms with Gasteiger partial charge in [-0.15, -0.1) is 23.5 Å². The van der Waals surface area contributed by atoms with Gasteiger partial charge in [0.25, 0.3) is 16.7 Å². The van der Waals surface area contributed by atoms with Crippen LogP contribution in [0.25, 0.3) is 11.4 Å². The third-order valence-electron chi connectivity index (χ3n) is 17.0. The molecule has 0 saturated carbocycles. The Bertz CT molecular complexity index is 5980. The smallest absolute Gasteiger partial charge is 0.488 e. The summed E-state index contributed by atoms with van der Waals surface area (Å²) >= 11 is 3.12. The minimum absolute atomic E-state index is 0.00739. The van der Waals surface area contributed by atoms with Crippen molar-refractivity contribution in [2.24, 2.45) is 5.73 Å². The average molecular weight is 1890 g/mol. The first kappa shape index (κ1) is 107. The number of urea groups is 1. The summed E-state index contributed by atoms with van der Waals surface area (Å²) in [6, 6.07) is 36.6. The summed E-state index contributed by atoms with van der Waals surface area (Å²) in [6.07, 6.45) is -8.64. The monoisotopic (exact) mass is 1890 g/mol. The molecule has 3 heterocycles. The summed E-state index contributed by atoms with van der Waals surface area (Å²) in [5, 5.41) is 19.7. The largest absolute Gasteiger partial charge is 0.500 e. The lowest BCUT2D eigenvalue weighted by Crippen LogP contribution is -2.42. The number of ether oxygens (including phenoxy) is 6. The maximum Gasteiger partial charge on any atom is 0.488 e. The third kappa shape index (κ3) is 32.5. The molecule has 0 aliphatic carbocycles. The second-order valence-corrected chi connectivity index (χ2v) is 29.1. The van der Waals surface area contributed by atoms with Crippen LogP contribution in [-0.4, -0.2) is 143 Å². The van der Waals surface area contributed by atoms with Crippen molar-refractivity contribution in [3.63, 3.8) is 0 Å². The van der Waals surface area contributed by atoms with Crippen LogP contribution in [0.5, 0.6) is 0 Å². The van der Waals surface area contributed by atoms with Gasteiger partial charge in [-0.05, 0) is 191 Å². The SMILES string of the molecule is CCOC(=O)c1c[nH]c(=O)n(Cc2cccc(C(F)(F)F)c2)c1=O.CCOC(=O)c1cn(-c2ccc(S(C)=O)cc2)c(=O)n(Cc2cccc(C(F)(F)F)c2)c1=O.CCOC(=O)c1cn(-c2ccc(SC)cc2)c(=O)n(Cc2cccc(C(F)(F)F)c2)c1=O.CCOC=C(C(=O)OCC)C(=O)OCC.CSc1ccc(B(O)O)cc1.NC(=O)NCc1cccc(C(F)(F)F)c1. The molecule has 0 radical (unpaired) electrons. The molecule has 0 saturated heterocycles. The number of nitrogens with one attached hydrogen (secondary N) is 2. The van der Waals surface area contributed by atoms with Crippen LogP contribution in [0.15, 0.2) is 244 Å². The molecule has 696 valence electrons. The molecule has 10 aromatic rings. The van der Waals surface area contributed by atoms with Crippen molar-refractivity contribution >= 4 is 82.8 Å². The zero-order valence-electron chi connectivity index (χ0n) is 70.3. The normalized spacial score (nSPS) is 11.2. The molecular weight excluding hydrogens is 1800 g/mol. The van der Waals surface area contributed by atoms with Gasteiger partial charge in [-0.2, -0.15) is 52.7 Å². The van der Waals surface area contributed by atoms with Crippen LogP contribution in [0.4, 0.5) is 57.5 Å². The van der Waals surface area contributed by atoms with Gasteiger partial charge in [0.05, 0.1) is 92.9 Å². The molecule has 7 aromatic carbocycles. The van der Waals surface area contributed by atoms with Gasteiger partial charge in [0.15, 0.2) is 5.57 Å². The summed E-state index contributed by atoms with van der Waals surface area (Å²) in [6.45, 7) is 9.10. The number of thioether (sulfide) groups is 2. The fourth-order valence-electron chi connectivity index (χ4n) is 10.8. The molecule has 1 atom stereocenters. The van der Waals surface area contributed by atoms with Gasteiger partial charge in [-0.25, -0.2) is 43.2 Å². The molecule has 10 rings (SSSR count). The van der Waals surface area contributed by atoms with Crippen LogP contribution in [-0.2, 0) is 99.7 Å². The van der Waals surface area contributed by atoms with E-state index in [-0.39, 0.29) is 67.5 Å². The average Bonchev–Trinajstić information content (AvgIpc) is 0.778. The van der Waals surface area contributed by atoms with Crippen molar-refractivity contribution < 1.29 is 124 Å². The van der Waals surface area contributed by atoms with Gasteiger partial charge >= 0.3 is 84.8 Å². The Morgan fingerprint density at radius 1 is 0.462 bits per heavy atom. The van der Waals surface area contributed by atoms with Crippen molar-refractivity contribution in [1.29, 1.82) is 0 Å². The number of nitrogens with zero attached hydrogens (tertiary/aromatic N) is 5. The fourth-order valence-corrected chi connectivity index (χ4v) is 12.1. The number of H-pyrrole nitrogens is 1. The van der Waals surface area contributed by atoms with Crippen LogP contribution in [0, 0.1) is 0 Å². The number of amides is 2. The number of rotatable bonds is 26. The van der Waals surface area contributed by atoms with Gasteiger partial charge in [-0.3, -0.25) is 41.4 Å². The molecule has 0 aliphatic heterocycles. The van der Waals surface area contributed by atoms with Crippen molar-refractivity contribution in [2.75, 3.05) is 58.4 Å². The first-order valence-corrected chi connectivity index (χ1v) is 42.2. The van der Waals surface area contributed by atoms with Crippen LogP contribution in [0.2, 0.25) is 0 Å². The predicted octanol–water partition coefficient (Wildman–Crippen LogP) is 11.7. The van der Waals surface area contributed by atoms with Crippen LogP contribution in [0.1, 0.15) is 117 Å². The van der Waals surface area contributed by atoms with E-state index in [0.29, 0.717) is 37.4 Å². The number of nitrogens with two attached hydrogens (primary N) is 1. The number of aromatic nitrogens is 6. The van der Waals surface area contributed by atoms with Gasteiger partial charge in [0, 0.05) is 56.9 Å². The number of esters is 5. The number of carbonyl (C=O) groups excluding carboxylic acids is 6. The minimum Gasteiger partial charge on any atom is -0.500 e. The summed E-state index contributed by atoms with van der Waals surface area (Å²) < 4.78 is 198. The number of hydrogen-bond donors (Lipinski definition) is 5. The minimum atomic E-state index is -4.60. The Morgan fingerprint density at radius 3 is 1.12 bits per heavy atom. The Kier molecular flexibility index (Phi) is 41.6. The summed E-state index contributed by atoms with van der Waals surface area (Å²) in [5.74, 6) is -4.28. The predicted molar refractivity (Wildman–Crippen MR) is 456 cm³/mol. The second kappa shape index (κ2) is 50.5. The molecule has 2 amide bonds. The highest BCUT2D eigenvalue weighted by Crippen LogP contribution is 2.33. The zero-order valence-corrected chi connectivity index (χ0v) is 72.8. The molecule has 130 heavy (non-hydrogen) atoms. The first-order chi connectivity index (χ1) is 61.2. The van der Waals surface area contributed by atoms with E-state index in [2.05, 4.69) is 19.8 Å². The summed E-state index contributed by atoms with van der Waals surface area (Å²) in [5.41, 5.74) is -3.76. The summed E-state index contributed by atoms with van der Waals surface area (Å²) in [4.78, 5) is 150. The molecule has 0 fully saturated rings. The maximum atomic E-state index is 13.1. The number of primary amides is 1. The maximum absolute atomic E-state index is 13.1. The molecule has 0 bridgehead atoms. The Hall–Kier alpha value is -13.3. The van der Waals surface area contributed by atoms with Gasteiger partial charge < -0.3 is 54.5 Å². The zero-order chi connectivity index (χ0) is 97.1. The molecule has 45 heteroatoms. The highest BCUT2D eigenvalue weighted by molar-refractivity contribution is 7.98. The lowest BCUT2D eigenvalue weighted by atomic mass is 9.81. The van der Waals surface area contributed by atoms with E-state index in [9.17, 15) is 114 Å². The van der Waals surface area contributed by atoms with E-state index in [4.69, 9.17) is 34.7 Å². The topological polar surface area (TPSA) is 396 Å². The highest BCUT2D eigenvalue weighted by Gasteiger charge is 2.35. The summed E-state index contributed by atoms with van der Waals surface area (Å²) in [7, 11) is -2.62. The number of benzene rings is 7. The number of carbonyl (C=O) groups is 6. The van der Waals surface area contributed by atoms with E-state index >= 15 is 0 Å². The van der Waals surface area contributed by atoms with Gasteiger partial charge in [0.2, 0.25) is 0 Å². The van der Waals surface area contributed by atoms with Crippen molar-refractivity contribution in [3.8, 4) is 11.4 Å². The molecule has 1 unspecified atom stereocenters. The molecule has 29 nitrogen and oxygen atoms in total. The van der Waals surface area contributed by atoms with Gasteiger partial charge in [0.1, 0.15) is 23.0 Å². The molecule has 6 N–H and O–H groups in total. The Labute approximate surface area is 743 Å².